The van der Waals surface area contributed by atoms with Gasteiger partial charge in [-0.2, -0.15) is 0 Å². The fourth-order valence-electron chi connectivity index (χ4n) is 1.77. The molecular formula is C17H23N3S. The summed E-state index contributed by atoms with van der Waals surface area (Å²) in [4.78, 5) is 10.1. The third-order valence-electron chi connectivity index (χ3n) is 3.05. The van der Waals surface area contributed by atoms with Crippen molar-refractivity contribution in [2.45, 2.75) is 56.8 Å². The maximum Gasteiger partial charge on any atom is 0.192 e. The summed E-state index contributed by atoms with van der Waals surface area (Å²) in [6.45, 7) is 11.5. The van der Waals surface area contributed by atoms with E-state index in [4.69, 9.17) is 0 Å². The van der Waals surface area contributed by atoms with Gasteiger partial charge < -0.3 is 5.32 Å². The van der Waals surface area contributed by atoms with E-state index in [2.05, 4.69) is 68.1 Å². The molecule has 0 saturated heterocycles. The highest BCUT2D eigenvalue weighted by Crippen LogP contribution is 2.28. The van der Waals surface area contributed by atoms with E-state index in [1.165, 1.54) is 16.0 Å². The molecule has 21 heavy (non-hydrogen) atoms. The molecule has 3 nitrogen and oxygen atoms in total. The minimum atomic E-state index is 0.103. The first-order valence-corrected chi connectivity index (χ1v) is 7.96. The van der Waals surface area contributed by atoms with Gasteiger partial charge in [0, 0.05) is 34.9 Å². The topological polar surface area (TPSA) is 37.8 Å². The zero-order valence-electron chi connectivity index (χ0n) is 13.4. The van der Waals surface area contributed by atoms with Crippen molar-refractivity contribution in [3.05, 3.63) is 47.3 Å². The molecule has 0 aliphatic heterocycles. The Morgan fingerprint density at radius 3 is 2.38 bits per heavy atom. The second-order valence-corrected chi connectivity index (χ2v) is 7.36. The zero-order valence-corrected chi connectivity index (χ0v) is 14.2. The summed E-state index contributed by atoms with van der Waals surface area (Å²) < 4.78 is 0. The van der Waals surface area contributed by atoms with Gasteiger partial charge in [0.05, 0.1) is 0 Å². The molecule has 1 N–H and O–H groups in total. The van der Waals surface area contributed by atoms with Gasteiger partial charge in [0.2, 0.25) is 0 Å². The summed E-state index contributed by atoms with van der Waals surface area (Å²) in [5.41, 5.74) is 3.73. The molecule has 0 spiro atoms. The van der Waals surface area contributed by atoms with Crippen molar-refractivity contribution < 1.29 is 0 Å². The van der Waals surface area contributed by atoms with Crippen molar-refractivity contribution in [1.29, 1.82) is 0 Å². The molecule has 1 heterocycles. The van der Waals surface area contributed by atoms with Crippen LogP contribution in [0.4, 0.5) is 0 Å². The third kappa shape index (κ3) is 5.14. The number of hydrogen-bond acceptors (Lipinski definition) is 4. The van der Waals surface area contributed by atoms with Gasteiger partial charge in [-0.1, -0.05) is 12.1 Å². The number of nitrogens with zero attached hydrogens (tertiary/aromatic N) is 2. The average Bonchev–Trinajstić information content (AvgIpc) is 2.41. The van der Waals surface area contributed by atoms with Crippen LogP contribution in [0.1, 0.15) is 37.5 Å². The van der Waals surface area contributed by atoms with Gasteiger partial charge in [-0.3, -0.25) is 0 Å². The molecule has 0 aliphatic carbocycles. The molecule has 0 aliphatic rings. The van der Waals surface area contributed by atoms with E-state index in [0.29, 0.717) is 0 Å². The van der Waals surface area contributed by atoms with Gasteiger partial charge in [-0.15, -0.1) is 0 Å². The molecule has 0 amide bonds. The van der Waals surface area contributed by atoms with Crippen LogP contribution in [0.5, 0.6) is 0 Å². The second kappa shape index (κ2) is 6.58. The molecule has 0 atom stereocenters. The van der Waals surface area contributed by atoms with E-state index >= 15 is 0 Å². The van der Waals surface area contributed by atoms with Crippen molar-refractivity contribution in [2.75, 3.05) is 0 Å². The van der Waals surface area contributed by atoms with Crippen LogP contribution in [-0.4, -0.2) is 15.5 Å². The van der Waals surface area contributed by atoms with Crippen LogP contribution in [-0.2, 0) is 6.54 Å². The van der Waals surface area contributed by atoms with E-state index in [-0.39, 0.29) is 5.54 Å². The van der Waals surface area contributed by atoms with Crippen LogP contribution in [0.3, 0.4) is 0 Å². The maximum absolute atomic E-state index is 4.46. The monoisotopic (exact) mass is 301 g/mol. The number of aromatic nitrogens is 2. The van der Waals surface area contributed by atoms with Gasteiger partial charge in [-0.25, -0.2) is 9.97 Å². The predicted molar refractivity (Wildman–Crippen MR) is 88.7 cm³/mol. The van der Waals surface area contributed by atoms with Crippen molar-refractivity contribution in [3.8, 4) is 0 Å². The van der Waals surface area contributed by atoms with Crippen LogP contribution in [0.25, 0.3) is 0 Å². The Labute approximate surface area is 131 Å². The van der Waals surface area contributed by atoms with E-state index in [9.17, 15) is 0 Å². The van der Waals surface area contributed by atoms with Gasteiger partial charge in [0.15, 0.2) is 5.16 Å². The lowest BCUT2D eigenvalue weighted by atomic mass is 10.1. The fourth-order valence-corrected chi connectivity index (χ4v) is 2.65. The molecule has 0 fully saturated rings. The van der Waals surface area contributed by atoms with Gasteiger partial charge in [0.25, 0.3) is 0 Å². The molecular weight excluding hydrogens is 278 g/mol. The van der Waals surface area contributed by atoms with Crippen LogP contribution < -0.4 is 5.32 Å². The molecule has 1 aromatic heterocycles. The smallest absolute Gasteiger partial charge is 0.192 e. The Kier molecular flexibility index (Phi) is 5.01. The molecule has 0 unspecified atom stereocenters. The number of benzene rings is 1. The lowest BCUT2D eigenvalue weighted by Crippen LogP contribution is -2.35. The summed E-state index contributed by atoms with van der Waals surface area (Å²) in [6, 6.07) is 6.44. The number of nitrogens with one attached hydrogen (secondary N) is 1. The zero-order chi connectivity index (χ0) is 15.5. The van der Waals surface area contributed by atoms with E-state index in [1.54, 1.807) is 11.8 Å². The van der Waals surface area contributed by atoms with E-state index < -0.39 is 0 Å². The highest BCUT2D eigenvalue weighted by atomic mass is 32.2. The van der Waals surface area contributed by atoms with Crippen molar-refractivity contribution in [2.24, 2.45) is 0 Å². The highest BCUT2D eigenvalue weighted by Gasteiger charge is 2.09. The SMILES string of the molecule is Cc1ccc(C)c(Sc2ncc(CNC(C)(C)C)cn2)c1. The largest absolute Gasteiger partial charge is 0.308 e. The Morgan fingerprint density at radius 1 is 1.10 bits per heavy atom. The van der Waals surface area contributed by atoms with E-state index in [1.807, 2.05) is 12.4 Å². The maximum atomic E-state index is 4.46. The summed E-state index contributed by atoms with van der Waals surface area (Å²) in [5, 5.41) is 4.23. The second-order valence-electron chi connectivity index (χ2n) is 6.35. The summed E-state index contributed by atoms with van der Waals surface area (Å²) in [6.07, 6.45) is 3.80. The Morgan fingerprint density at radius 2 is 1.76 bits per heavy atom. The Balaban J connectivity index is 2.04. The normalized spacial score (nSPS) is 11.7. The molecule has 112 valence electrons. The molecule has 0 bridgehead atoms. The summed E-state index contributed by atoms with van der Waals surface area (Å²) >= 11 is 1.62. The van der Waals surface area contributed by atoms with Crippen molar-refractivity contribution in [1.82, 2.24) is 15.3 Å². The van der Waals surface area contributed by atoms with Crippen LogP contribution in [0.2, 0.25) is 0 Å². The van der Waals surface area contributed by atoms with Gasteiger partial charge in [-0.05, 0) is 63.6 Å². The van der Waals surface area contributed by atoms with Gasteiger partial charge >= 0.3 is 0 Å². The first-order chi connectivity index (χ1) is 9.83. The predicted octanol–water partition coefficient (Wildman–Crippen LogP) is 4.13. The van der Waals surface area contributed by atoms with Crippen molar-refractivity contribution >= 4 is 11.8 Å². The summed E-state index contributed by atoms with van der Waals surface area (Å²) in [5.74, 6) is 0. The quantitative estimate of drug-likeness (QED) is 0.862. The van der Waals surface area contributed by atoms with Crippen LogP contribution >= 0.6 is 11.8 Å². The van der Waals surface area contributed by atoms with Crippen LogP contribution in [0.15, 0.2) is 40.6 Å². The minimum Gasteiger partial charge on any atom is -0.308 e. The van der Waals surface area contributed by atoms with Gasteiger partial charge in [0.1, 0.15) is 0 Å². The lowest BCUT2D eigenvalue weighted by molar-refractivity contribution is 0.423. The Hall–Kier alpha value is -1.39. The van der Waals surface area contributed by atoms with Crippen molar-refractivity contribution in [3.63, 3.8) is 0 Å². The molecule has 0 radical (unpaired) electrons. The Bertz CT molecular complexity index is 600. The number of aryl methyl sites for hydroxylation is 2. The number of rotatable bonds is 4. The first kappa shape index (κ1) is 16.0. The lowest BCUT2D eigenvalue weighted by Gasteiger charge is -2.20. The molecule has 0 saturated carbocycles. The molecule has 2 rings (SSSR count). The average molecular weight is 301 g/mol. The molecule has 4 heteroatoms. The minimum absolute atomic E-state index is 0.103. The number of hydrogen-bond donors (Lipinski definition) is 1. The fraction of sp³-hybridized carbons (Fsp3) is 0.412. The molecule has 2 aromatic rings. The summed E-state index contributed by atoms with van der Waals surface area (Å²) in [7, 11) is 0. The van der Waals surface area contributed by atoms with E-state index in [0.717, 1.165) is 17.3 Å². The standard InChI is InChI=1S/C17H23N3S/c1-12-6-7-13(2)15(8-12)21-16-18-9-14(10-19-16)11-20-17(3,4)5/h6-10,20H,11H2,1-5H3. The van der Waals surface area contributed by atoms with Crippen LogP contribution in [0, 0.1) is 13.8 Å². The highest BCUT2D eigenvalue weighted by molar-refractivity contribution is 7.99. The molecule has 1 aromatic carbocycles. The third-order valence-corrected chi connectivity index (χ3v) is 4.10. The first-order valence-electron chi connectivity index (χ1n) is 7.14.